The Hall–Kier alpha value is -9.18. The fourth-order valence-electron chi connectivity index (χ4n) is 13.4. The minimum absolute atomic E-state index is 0.0162. The number of ether oxygens (including phenoxy) is 14. The minimum Gasteiger partial charge on any atom is -0.451 e. The van der Waals surface area contributed by atoms with Crippen molar-refractivity contribution in [3.63, 3.8) is 0 Å². The summed E-state index contributed by atoms with van der Waals surface area (Å²) in [5, 5.41) is 0. The normalized spacial score (nSPS) is 12.5. The third kappa shape index (κ3) is 48.9. The van der Waals surface area contributed by atoms with Crippen LogP contribution in [0.3, 0.4) is 0 Å². The summed E-state index contributed by atoms with van der Waals surface area (Å²) in [5.41, 5.74) is -0.132. The molecule has 0 N–H and O–H groups in total. The molecule has 0 fully saturated rings. The summed E-state index contributed by atoms with van der Waals surface area (Å²) in [5.74, 6) is -7.27. The zero-order valence-electron chi connectivity index (χ0n) is 74.4. The van der Waals surface area contributed by atoms with E-state index in [1.807, 2.05) is 0 Å². The number of hydrogen-bond acceptors (Lipinski definition) is 22. The predicted octanol–water partition coefficient (Wildman–Crippen LogP) is 25.7. The minimum atomic E-state index is -1.29. The van der Waals surface area contributed by atoms with Crippen LogP contribution in [0.5, 0.6) is 40.2 Å². The van der Waals surface area contributed by atoms with Gasteiger partial charge in [-0.25, -0.2) is 38.4 Å². The molecule has 0 aromatic heterocycles. The molecule has 0 aliphatic rings. The summed E-state index contributed by atoms with van der Waals surface area (Å²) in [7, 11) is 0. The molecule has 6 atom stereocenters. The van der Waals surface area contributed by atoms with E-state index in [1.54, 1.807) is 0 Å². The summed E-state index contributed by atoms with van der Waals surface area (Å²) < 4.78 is 87.5. The van der Waals surface area contributed by atoms with Crippen LogP contribution in [0.1, 0.15) is 376 Å². The van der Waals surface area contributed by atoms with Gasteiger partial charge in [0, 0.05) is 80.5 Å². The highest BCUT2D eigenvalue weighted by atomic mass is 16.7. The number of benzene rings is 3. The van der Waals surface area contributed by atoms with Crippen molar-refractivity contribution in [1.82, 2.24) is 0 Å². The SMILES string of the molecule is C=CC(=O)OC(CCCCCCCCC)OCc1cc(C(=O)Oc2ccc(OC(=O)c3cc(OC(CCCCCCCCC)OC(=O)C=C)c(OC(CCCCCCCCC)OC(=O)C=C)c(OC(CCCCCCCCC)OC(=O)C=C)c3)cc2)cc(OC(CCCCCCCCC)OC(=O)C=C)c1OC(CCCCCCCCC)OC(=O)C=C. The summed E-state index contributed by atoms with van der Waals surface area (Å²) in [6.07, 6.45) is 39.8. The van der Waals surface area contributed by atoms with Gasteiger partial charge in [-0.15, -0.1) is 0 Å². The maximum Gasteiger partial charge on any atom is 0.343 e. The molecule has 0 aliphatic carbocycles. The van der Waals surface area contributed by atoms with Crippen LogP contribution < -0.4 is 33.2 Å². The highest BCUT2D eigenvalue weighted by Crippen LogP contribution is 2.44. The molecule has 22 heteroatoms. The standard InChI is InChI=1S/C99H148O22/c1-13-25-31-37-43-49-55-61-90(114-84(100)19-7)108-75-78-71-76(72-81(111-91(115-85(101)20-8)62-56-50-44-38-32-26-14-2)96(78)120-94(118-88(104)23-11)65-59-53-47-41-35-29-17-5)98(106)109-79-67-69-80(70-68-79)110-99(107)77-73-82(112-92(116-86(102)21-9)63-57-51-45-39-33-27-15-3)97(121-95(119-89(105)24-12)66-60-54-48-42-36-30-18-6)83(74-77)113-93(117-87(103)22-10)64-58-52-46-40-34-28-16-4/h19-24,67-74,90-95H,7-18,25-66,75H2,1-6H3. The molecular formula is C99H148O22. The summed E-state index contributed by atoms with van der Waals surface area (Å²) in [6, 6.07) is 11.1. The lowest BCUT2D eigenvalue weighted by atomic mass is 10.1. The highest BCUT2D eigenvalue weighted by Gasteiger charge is 2.32. The highest BCUT2D eigenvalue weighted by molar-refractivity contribution is 5.94. The summed E-state index contributed by atoms with van der Waals surface area (Å²) in [6.45, 7) is 34.4. The molecule has 0 bridgehead atoms. The maximum atomic E-state index is 15.0. The Morgan fingerprint density at radius 1 is 0.264 bits per heavy atom. The first-order valence-electron chi connectivity index (χ1n) is 45.7. The second kappa shape index (κ2) is 68.4. The molecule has 0 spiro atoms. The van der Waals surface area contributed by atoms with Gasteiger partial charge in [-0.05, 0) is 87.1 Å². The van der Waals surface area contributed by atoms with Crippen molar-refractivity contribution in [2.24, 2.45) is 0 Å². The van der Waals surface area contributed by atoms with Gasteiger partial charge < -0.3 is 66.3 Å². The molecule has 0 amide bonds. The Labute approximate surface area is 724 Å². The van der Waals surface area contributed by atoms with Gasteiger partial charge in [0.15, 0.2) is 23.0 Å². The molecule has 0 heterocycles. The van der Waals surface area contributed by atoms with Crippen LogP contribution in [0.4, 0.5) is 0 Å². The number of unbranched alkanes of at least 4 members (excludes halogenated alkanes) is 36. The van der Waals surface area contributed by atoms with Gasteiger partial charge in [-0.2, -0.15) is 0 Å². The lowest BCUT2D eigenvalue weighted by Gasteiger charge is -2.27. The molecule has 6 unspecified atom stereocenters. The van der Waals surface area contributed by atoms with E-state index < -0.39 is 85.5 Å². The predicted molar refractivity (Wildman–Crippen MR) is 473 cm³/mol. The van der Waals surface area contributed by atoms with Gasteiger partial charge in [0.1, 0.15) is 11.5 Å². The van der Waals surface area contributed by atoms with Crippen LogP contribution in [0.15, 0.2) is 124 Å². The Balaban J connectivity index is 2.40. The number of esters is 8. The fourth-order valence-corrected chi connectivity index (χ4v) is 13.4. The van der Waals surface area contributed by atoms with E-state index in [4.69, 9.17) is 66.3 Å². The van der Waals surface area contributed by atoms with Crippen molar-refractivity contribution in [2.45, 2.75) is 394 Å². The average Bonchev–Trinajstić information content (AvgIpc) is 0.802. The number of rotatable bonds is 77. The quantitative estimate of drug-likeness (QED) is 0.0127. The van der Waals surface area contributed by atoms with E-state index >= 15 is 9.59 Å². The second-order valence-corrected chi connectivity index (χ2v) is 30.8. The molecule has 0 saturated carbocycles. The smallest absolute Gasteiger partial charge is 0.343 e. The van der Waals surface area contributed by atoms with E-state index in [-0.39, 0.29) is 95.6 Å². The summed E-state index contributed by atoms with van der Waals surface area (Å²) in [4.78, 5) is 109. The zero-order valence-corrected chi connectivity index (χ0v) is 74.4. The van der Waals surface area contributed by atoms with Crippen LogP contribution in [0, 0.1) is 0 Å². The number of hydrogen-bond donors (Lipinski definition) is 0. The Morgan fingerprint density at radius 3 is 0.727 bits per heavy atom. The molecule has 3 rings (SSSR count). The van der Waals surface area contributed by atoms with E-state index in [9.17, 15) is 28.8 Å². The van der Waals surface area contributed by atoms with Crippen LogP contribution in [0.2, 0.25) is 0 Å². The van der Waals surface area contributed by atoms with Crippen molar-refractivity contribution >= 4 is 47.8 Å². The topological polar surface area (TPSA) is 266 Å². The first kappa shape index (κ1) is 106. The van der Waals surface area contributed by atoms with Crippen molar-refractivity contribution in [2.75, 3.05) is 0 Å². The first-order chi connectivity index (χ1) is 58.8. The van der Waals surface area contributed by atoms with E-state index in [1.165, 1.54) is 48.5 Å². The van der Waals surface area contributed by atoms with Gasteiger partial charge in [0.05, 0.1) is 17.7 Å². The number of carbonyl (C=O) groups excluding carboxylic acids is 8. The van der Waals surface area contributed by atoms with Gasteiger partial charge >= 0.3 is 47.8 Å². The second-order valence-electron chi connectivity index (χ2n) is 30.8. The van der Waals surface area contributed by atoms with Crippen LogP contribution in [-0.2, 0) is 68.5 Å². The molecule has 22 nitrogen and oxygen atoms in total. The average molecular weight is 1690 g/mol. The molecule has 121 heavy (non-hydrogen) atoms. The molecule has 0 radical (unpaired) electrons. The molecule has 0 saturated heterocycles. The largest absolute Gasteiger partial charge is 0.451 e. The van der Waals surface area contributed by atoms with Gasteiger partial charge in [0.25, 0.3) is 0 Å². The molecule has 676 valence electrons. The van der Waals surface area contributed by atoms with Crippen molar-refractivity contribution < 1.29 is 105 Å². The van der Waals surface area contributed by atoms with Crippen molar-refractivity contribution in [1.29, 1.82) is 0 Å². The van der Waals surface area contributed by atoms with Crippen LogP contribution >= 0.6 is 0 Å². The Bertz CT molecular complexity index is 3400. The number of carbonyl (C=O) groups is 8. The van der Waals surface area contributed by atoms with Gasteiger partial charge in [-0.3, -0.25) is 0 Å². The maximum absolute atomic E-state index is 15.0. The van der Waals surface area contributed by atoms with E-state index in [2.05, 4.69) is 81.0 Å². The first-order valence-corrected chi connectivity index (χ1v) is 45.7. The molecule has 3 aromatic carbocycles. The van der Waals surface area contributed by atoms with E-state index in [0.29, 0.717) is 44.9 Å². The molecule has 3 aromatic rings. The van der Waals surface area contributed by atoms with Gasteiger partial charge in [-0.1, -0.05) is 312 Å². The van der Waals surface area contributed by atoms with Gasteiger partial charge in [0.2, 0.25) is 43.5 Å². The lowest BCUT2D eigenvalue weighted by Crippen LogP contribution is -2.28. The van der Waals surface area contributed by atoms with E-state index in [0.717, 1.165) is 268 Å². The molecule has 0 aliphatic heterocycles. The Morgan fingerprint density at radius 2 is 0.471 bits per heavy atom. The molecular weight excluding hydrogens is 1540 g/mol. The third-order valence-electron chi connectivity index (χ3n) is 20.3. The fraction of sp³-hybridized carbons (Fsp3) is 0.616. The lowest BCUT2D eigenvalue weighted by molar-refractivity contribution is -0.178. The van der Waals surface area contributed by atoms with Crippen molar-refractivity contribution in [3.05, 3.63) is 141 Å². The van der Waals surface area contributed by atoms with Crippen LogP contribution in [0.25, 0.3) is 0 Å². The Kier molecular flexibility index (Phi) is 59.9. The van der Waals surface area contributed by atoms with Crippen molar-refractivity contribution in [3.8, 4) is 40.2 Å². The third-order valence-corrected chi connectivity index (χ3v) is 20.3. The zero-order chi connectivity index (χ0) is 88.3. The summed E-state index contributed by atoms with van der Waals surface area (Å²) >= 11 is 0. The monoisotopic (exact) mass is 1690 g/mol. The van der Waals surface area contributed by atoms with Crippen LogP contribution in [-0.4, -0.2) is 85.5 Å².